The number of carbonyl (C=O) groups excluding carboxylic acids is 1. The van der Waals surface area contributed by atoms with Crippen LogP contribution < -0.4 is 20.4 Å². The van der Waals surface area contributed by atoms with Gasteiger partial charge in [0, 0.05) is 30.3 Å². The largest absolute Gasteiger partial charge is 0.497 e. The van der Waals surface area contributed by atoms with Crippen molar-refractivity contribution >= 4 is 24.2 Å². The summed E-state index contributed by atoms with van der Waals surface area (Å²) >= 11 is 0. The molecule has 1 amide bonds. The Balaban J connectivity index is 1.46. The number of carbonyl (C=O) groups is 1. The zero-order chi connectivity index (χ0) is 20.3. The summed E-state index contributed by atoms with van der Waals surface area (Å²) in [6.45, 7) is 11.9. The average Bonchev–Trinajstić information content (AvgIpc) is 3.29. The molecular weight excluding hydrogens is 355 g/mol. The predicted octanol–water partition coefficient (Wildman–Crippen LogP) is 2.10. The molecule has 0 aromatic heterocycles. The fourth-order valence-electron chi connectivity index (χ4n) is 3.58. The van der Waals surface area contributed by atoms with Gasteiger partial charge in [-0.3, -0.25) is 4.79 Å². The molecule has 1 aromatic carbocycles. The summed E-state index contributed by atoms with van der Waals surface area (Å²) in [5.41, 5.74) is 1.12. The molecule has 1 N–H and O–H groups in total. The Bertz CT molecular complexity index is 769. The van der Waals surface area contributed by atoms with Crippen LogP contribution in [0.4, 0.5) is 5.69 Å². The highest BCUT2D eigenvalue weighted by molar-refractivity contribution is 6.62. The molecule has 2 aliphatic heterocycles. The summed E-state index contributed by atoms with van der Waals surface area (Å²) in [6.07, 6.45) is 2.01. The molecule has 152 valence electrons. The Morgan fingerprint density at radius 2 is 1.71 bits per heavy atom. The Labute approximate surface area is 168 Å². The van der Waals surface area contributed by atoms with Crippen molar-refractivity contribution in [3.8, 4) is 5.75 Å². The van der Waals surface area contributed by atoms with Gasteiger partial charge in [0.05, 0.1) is 24.4 Å². The van der Waals surface area contributed by atoms with Gasteiger partial charge < -0.3 is 24.3 Å². The SMILES string of the molecule is COc1cc(B2OC(C)(C)C(C)(C)O2)cc(N2CC(NC(=O)C3(C)CC3)C2)c1. The van der Waals surface area contributed by atoms with E-state index in [1.165, 1.54) is 0 Å². The summed E-state index contributed by atoms with van der Waals surface area (Å²) in [5.74, 6) is 0.973. The molecular formula is C21H31BN2O4. The van der Waals surface area contributed by atoms with Crippen LogP contribution in [-0.4, -0.2) is 50.5 Å². The lowest BCUT2D eigenvalue weighted by Gasteiger charge is -2.42. The number of anilines is 1. The first-order valence-electron chi connectivity index (χ1n) is 10.1. The lowest BCUT2D eigenvalue weighted by Crippen LogP contribution is -2.60. The Hall–Kier alpha value is -1.73. The van der Waals surface area contributed by atoms with Gasteiger partial charge in [-0.15, -0.1) is 0 Å². The summed E-state index contributed by atoms with van der Waals surface area (Å²) in [6, 6.07) is 6.30. The van der Waals surface area contributed by atoms with Crippen molar-refractivity contribution in [2.45, 2.75) is 64.7 Å². The van der Waals surface area contributed by atoms with E-state index in [0.29, 0.717) is 0 Å². The molecule has 3 fully saturated rings. The second-order valence-electron chi connectivity index (χ2n) is 9.69. The number of benzene rings is 1. The monoisotopic (exact) mass is 386 g/mol. The normalized spacial score (nSPS) is 24.6. The van der Waals surface area contributed by atoms with E-state index in [1.54, 1.807) is 7.11 Å². The summed E-state index contributed by atoms with van der Waals surface area (Å²) in [5, 5.41) is 3.18. The van der Waals surface area contributed by atoms with Crippen LogP contribution in [0.5, 0.6) is 5.75 Å². The van der Waals surface area contributed by atoms with E-state index in [9.17, 15) is 4.79 Å². The molecule has 0 spiro atoms. The van der Waals surface area contributed by atoms with Gasteiger partial charge in [0.25, 0.3) is 0 Å². The first-order chi connectivity index (χ1) is 13.0. The molecule has 1 saturated carbocycles. The quantitative estimate of drug-likeness (QED) is 0.786. The van der Waals surface area contributed by atoms with E-state index in [4.69, 9.17) is 14.0 Å². The molecule has 3 aliphatic rings. The first-order valence-corrected chi connectivity index (χ1v) is 10.1. The van der Waals surface area contributed by atoms with Crippen molar-refractivity contribution in [2.75, 3.05) is 25.1 Å². The van der Waals surface area contributed by atoms with E-state index < -0.39 is 7.12 Å². The number of nitrogens with one attached hydrogen (secondary N) is 1. The predicted molar refractivity (Wildman–Crippen MR) is 110 cm³/mol. The van der Waals surface area contributed by atoms with Gasteiger partial charge in [-0.05, 0) is 58.1 Å². The van der Waals surface area contributed by atoms with E-state index in [-0.39, 0.29) is 28.6 Å². The topological polar surface area (TPSA) is 60.0 Å². The first kappa shape index (κ1) is 19.6. The third-order valence-corrected chi connectivity index (χ3v) is 6.80. The van der Waals surface area contributed by atoms with Crippen LogP contribution in [0.25, 0.3) is 0 Å². The molecule has 0 atom stereocenters. The highest BCUT2D eigenvalue weighted by Crippen LogP contribution is 2.45. The van der Waals surface area contributed by atoms with Gasteiger partial charge in [-0.1, -0.05) is 6.92 Å². The molecule has 28 heavy (non-hydrogen) atoms. The second-order valence-corrected chi connectivity index (χ2v) is 9.69. The van der Waals surface area contributed by atoms with Gasteiger partial charge in [-0.25, -0.2) is 0 Å². The minimum Gasteiger partial charge on any atom is -0.497 e. The minimum atomic E-state index is -0.426. The second kappa shape index (κ2) is 6.39. The van der Waals surface area contributed by atoms with E-state index >= 15 is 0 Å². The molecule has 0 bridgehead atoms. The summed E-state index contributed by atoms with van der Waals surface area (Å²) in [7, 11) is 1.24. The maximum atomic E-state index is 12.2. The van der Waals surface area contributed by atoms with Crippen molar-refractivity contribution < 1.29 is 18.8 Å². The molecule has 6 nitrogen and oxygen atoms in total. The molecule has 2 heterocycles. The highest BCUT2D eigenvalue weighted by Gasteiger charge is 2.52. The van der Waals surface area contributed by atoms with E-state index in [2.05, 4.69) is 44.0 Å². The standard InChI is InChI=1S/C21H31BN2O4/c1-19(2)20(3,4)28-22(27-19)14-9-16(11-17(10-14)26-6)24-12-15(13-24)23-18(25)21(5)7-8-21/h9-11,15H,7-8,12-13H2,1-6H3,(H,23,25). The smallest absolute Gasteiger partial charge is 0.495 e. The van der Waals surface area contributed by atoms with Crippen molar-refractivity contribution in [1.82, 2.24) is 5.32 Å². The average molecular weight is 386 g/mol. The van der Waals surface area contributed by atoms with Crippen LogP contribution in [0.15, 0.2) is 18.2 Å². The summed E-state index contributed by atoms with van der Waals surface area (Å²) in [4.78, 5) is 14.5. The fraction of sp³-hybridized carbons (Fsp3) is 0.667. The van der Waals surface area contributed by atoms with Crippen LogP contribution in [0, 0.1) is 5.41 Å². The molecule has 1 aliphatic carbocycles. The Morgan fingerprint density at radius 1 is 1.11 bits per heavy atom. The van der Waals surface area contributed by atoms with Crippen LogP contribution in [0.2, 0.25) is 0 Å². The molecule has 1 aromatic rings. The number of methoxy groups -OCH3 is 1. The van der Waals surface area contributed by atoms with Crippen molar-refractivity contribution in [3.05, 3.63) is 18.2 Å². The van der Waals surface area contributed by atoms with Crippen LogP contribution in [0.1, 0.15) is 47.5 Å². The van der Waals surface area contributed by atoms with Gasteiger partial charge in [0.15, 0.2) is 0 Å². The Morgan fingerprint density at radius 3 is 2.25 bits per heavy atom. The maximum Gasteiger partial charge on any atom is 0.495 e. The van der Waals surface area contributed by atoms with Gasteiger partial charge in [0.2, 0.25) is 5.91 Å². The number of hydrogen-bond donors (Lipinski definition) is 1. The lowest BCUT2D eigenvalue weighted by molar-refractivity contribution is -0.126. The highest BCUT2D eigenvalue weighted by atomic mass is 16.7. The van der Waals surface area contributed by atoms with Crippen molar-refractivity contribution in [2.24, 2.45) is 5.41 Å². The Kier molecular flexibility index (Phi) is 4.47. The zero-order valence-corrected chi connectivity index (χ0v) is 17.8. The number of rotatable bonds is 5. The summed E-state index contributed by atoms with van der Waals surface area (Å²) < 4.78 is 17.9. The van der Waals surface area contributed by atoms with Gasteiger partial charge in [-0.2, -0.15) is 0 Å². The molecule has 0 radical (unpaired) electrons. The van der Waals surface area contributed by atoms with Gasteiger partial charge >= 0.3 is 7.12 Å². The molecule has 0 unspecified atom stereocenters. The van der Waals surface area contributed by atoms with Crippen LogP contribution >= 0.6 is 0 Å². The van der Waals surface area contributed by atoms with Crippen LogP contribution in [-0.2, 0) is 14.1 Å². The van der Waals surface area contributed by atoms with E-state index in [0.717, 1.165) is 42.8 Å². The maximum absolute atomic E-state index is 12.2. The van der Waals surface area contributed by atoms with Crippen molar-refractivity contribution in [1.29, 1.82) is 0 Å². The number of ether oxygens (including phenoxy) is 1. The number of amides is 1. The fourth-order valence-corrected chi connectivity index (χ4v) is 3.58. The number of hydrogen-bond acceptors (Lipinski definition) is 5. The lowest BCUT2D eigenvalue weighted by atomic mass is 9.78. The minimum absolute atomic E-state index is 0.125. The van der Waals surface area contributed by atoms with E-state index in [1.807, 2.05) is 19.1 Å². The number of nitrogens with zero attached hydrogens (tertiary/aromatic N) is 1. The third kappa shape index (κ3) is 3.39. The third-order valence-electron chi connectivity index (χ3n) is 6.80. The zero-order valence-electron chi connectivity index (χ0n) is 17.8. The molecule has 2 saturated heterocycles. The molecule has 4 rings (SSSR count). The van der Waals surface area contributed by atoms with Gasteiger partial charge in [0.1, 0.15) is 5.75 Å². The van der Waals surface area contributed by atoms with Crippen LogP contribution in [0.3, 0.4) is 0 Å². The van der Waals surface area contributed by atoms with Crippen molar-refractivity contribution in [3.63, 3.8) is 0 Å². The molecule has 7 heteroatoms.